The Hall–Kier alpha value is -2.65. The Balaban J connectivity index is 1.39. The van der Waals surface area contributed by atoms with Crippen molar-refractivity contribution in [2.24, 2.45) is 0 Å². The van der Waals surface area contributed by atoms with Crippen molar-refractivity contribution >= 4 is 52.6 Å². The van der Waals surface area contributed by atoms with Crippen LogP contribution in [0.25, 0.3) is 0 Å². The van der Waals surface area contributed by atoms with Crippen LogP contribution in [0.3, 0.4) is 0 Å². The van der Waals surface area contributed by atoms with Gasteiger partial charge in [0.15, 0.2) is 0 Å². The SMILES string of the molecule is COc1ccc(NC(=O)C2CSCN2C(=O)CC2Sc3ccccc3NC2=O)cc1. The number of fused-ring (bicyclic) bond motifs is 1. The second kappa shape index (κ2) is 9.01. The summed E-state index contributed by atoms with van der Waals surface area (Å²) in [5.41, 5.74) is 1.41. The number of anilines is 2. The zero-order valence-corrected chi connectivity index (χ0v) is 17.9. The molecule has 0 bridgehead atoms. The lowest BCUT2D eigenvalue weighted by molar-refractivity contribution is -0.136. The smallest absolute Gasteiger partial charge is 0.248 e. The molecule has 0 radical (unpaired) electrons. The zero-order chi connectivity index (χ0) is 21.1. The molecule has 2 heterocycles. The molecular weight excluding hydrogens is 422 g/mol. The third kappa shape index (κ3) is 4.41. The largest absolute Gasteiger partial charge is 0.497 e. The number of methoxy groups -OCH3 is 1. The van der Waals surface area contributed by atoms with E-state index >= 15 is 0 Å². The Morgan fingerprint density at radius 1 is 1.20 bits per heavy atom. The first-order chi connectivity index (χ1) is 14.5. The fourth-order valence-electron chi connectivity index (χ4n) is 3.31. The minimum Gasteiger partial charge on any atom is -0.497 e. The summed E-state index contributed by atoms with van der Waals surface area (Å²) in [6.45, 7) is 0. The van der Waals surface area contributed by atoms with Crippen LogP contribution in [-0.4, -0.2) is 52.7 Å². The molecule has 2 aromatic carbocycles. The molecule has 0 aliphatic carbocycles. The van der Waals surface area contributed by atoms with Gasteiger partial charge < -0.3 is 20.3 Å². The molecule has 2 aliphatic heterocycles. The highest BCUT2D eigenvalue weighted by atomic mass is 32.2. The van der Waals surface area contributed by atoms with Crippen LogP contribution in [0.2, 0.25) is 0 Å². The van der Waals surface area contributed by atoms with Crippen LogP contribution in [0.4, 0.5) is 11.4 Å². The molecule has 0 spiro atoms. The molecule has 0 saturated carbocycles. The van der Waals surface area contributed by atoms with E-state index in [1.165, 1.54) is 23.5 Å². The molecule has 1 fully saturated rings. The van der Waals surface area contributed by atoms with E-state index in [9.17, 15) is 14.4 Å². The third-order valence-electron chi connectivity index (χ3n) is 4.93. The third-order valence-corrected chi connectivity index (χ3v) is 7.22. The van der Waals surface area contributed by atoms with Crippen molar-refractivity contribution in [3.05, 3.63) is 48.5 Å². The highest BCUT2D eigenvalue weighted by Gasteiger charge is 2.37. The van der Waals surface area contributed by atoms with Gasteiger partial charge in [-0.15, -0.1) is 23.5 Å². The molecule has 4 rings (SSSR count). The molecular formula is C21H21N3O4S2. The van der Waals surface area contributed by atoms with Crippen LogP contribution in [0.15, 0.2) is 53.4 Å². The van der Waals surface area contributed by atoms with Gasteiger partial charge in [0.2, 0.25) is 17.7 Å². The maximum Gasteiger partial charge on any atom is 0.248 e. The van der Waals surface area contributed by atoms with Crippen LogP contribution in [0, 0.1) is 0 Å². The van der Waals surface area contributed by atoms with E-state index in [4.69, 9.17) is 4.74 Å². The molecule has 2 unspecified atom stereocenters. The van der Waals surface area contributed by atoms with Crippen molar-refractivity contribution in [3.8, 4) is 5.75 Å². The quantitative estimate of drug-likeness (QED) is 0.739. The number of nitrogens with one attached hydrogen (secondary N) is 2. The van der Waals surface area contributed by atoms with Gasteiger partial charge in [-0.25, -0.2) is 0 Å². The predicted molar refractivity (Wildman–Crippen MR) is 119 cm³/mol. The van der Waals surface area contributed by atoms with Crippen LogP contribution < -0.4 is 15.4 Å². The van der Waals surface area contributed by atoms with Crippen LogP contribution in [-0.2, 0) is 14.4 Å². The van der Waals surface area contributed by atoms with E-state index < -0.39 is 11.3 Å². The second-order valence-electron chi connectivity index (χ2n) is 6.89. The number of thioether (sulfide) groups is 2. The summed E-state index contributed by atoms with van der Waals surface area (Å²) in [4.78, 5) is 40.6. The zero-order valence-electron chi connectivity index (χ0n) is 16.3. The number of carbonyl (C=O) groups excluding carboxylic acids is 3. The van der Waals surface area contributed by atoms with Crippen molar-refractivity contribution in [1.29, 1.82) is 0 Å². The molecule has 2 aromatic rings. The highest BCUT2D eigenvalue weighted by molar-refractivity contribution is 8.01. The first-order valence-corrected chi connectivity index (χ1v) is 11.5. The number of hydrogen-bond acceptors (Lipinski definition) is 6. The number of nitrogens with zero attached hydrogens (tertiary/aromatic N) is 1. The molecule has 3 amide bonds. The Bertz CT molecular complexity index is 967. The van der Waals surface area contributed by atoms with E-state index in [0.29, 0.717) is 23.1 Å². The molecule has 7 nitrogen and oxygen atoms in total. The standard InChI is InChI=1S/C21H21N3O4S2/c1-28-14-8-6-13(7-9-14)22-20(26)16-11-29-12-24(16)19(25)10-18-21(27)23-15-4-2-3-5-17(15)30-18/h2-9,16,18H,10-12H2,1H3,(H,22,26)(H,23,27). The van der Waals surface area contributed by atoms with Gasteiger partial charge in [-0.3, -0.25) is 14.4 Å². The highest BCUT2D eigenvalue weighted by Crippen LogP contribution is 2.37. The first-order valence-electron chi connectivity index (χ1n) is 9.44. The van der Waals surface area contributed by atoms with Crippen molar-refractivity contribution in [2.45, 2.75) is 22.6 Å². The Morgan fingerprint density at radius 3 is 2.73 bits per heavy atom. The van der Waals surface area contributed by atoms with Crippen molar-refractivity contribution in [3.63, 3.8) is 0 Å². The number of para-hydroxylation sites is 1. The van der Waals surface area contributed by atoms with Crippen molar-refractivity contribution in [2.75, 3.05) is 29.4 Å². The van der Waals surface area contributed by atoms with Gasteiger partial charge in [0.25, 0.3) is 0 Å². The van der Waals surface area contributed by atoms with Crippen molar-refractivity contribution in [1.82, 2.24) is 4.90 Å². The number of amides is 3. The first kappa shape index (κ1) is 20.6. The van der Waals surface area contributed by atoms with E-state index in [1.807, 2.05) is 24.3 Å². The lowest BCUT2D eigenvalue weighted by atomic mass is 10.2. The second-order valence-corrected chi connectivity index (χ2v) is 9.14. The molecule has 156 valence electrons. The normalized spacial score (nSPS) is 20.3. The van der Waals surface area contributed by atoms with E-state index in [0.717, 1.165) is 10.6 Å². The van der Waals surface area contributed by atoms with E-state index in [2.05, 4.69) is 10.6 Å². The molecule has 1 saturated heterocycles. The minimum absolute atomic E-state index is 0.0533. The number of ether oxygens (including phenoxy) is 1. The average molecular weight is 444 g/mol. The van der Waals surface area contributed by atoms with Crippen molar-refractivity contribution < 1.29 is 19.1 Å². The number of hydrogen-bond donors (Lipinski definition) is 2. The summed E-state index contributed by atoms with van der Waals surface area (Å²) in [6, 6.07) is 14.0. The van der Waals surface area contributed by atoms with Gasteiger partial charge in [-0.05, 0) is 36.4 Å². The van der Waals surface area contributed by atoms with Crippen LogP contribution >= 0.6 is 23.5 Å². The van der Waals surface area contributed by atoms with Gasteiger partial charge in [0.1, 0.15) is 11.8 Å². The minimum atomic E-state index is -0.562. The lowest BCUT2D eigenvalue weighted by Crippen LogP contribution is -2.46. The number of benzene rings is 2. The summed E-state index contributed by atoms with van der Waals surface area (Å²) in [5, 5.41) is 5.21. The predicted octanol–water partition coefficient (Wildman–Crippen LogP) is 3.04. The lowest BCUT2D eigenvalue weighted by Gasteiger charge is -2.27. The summed E-state index contributed by atoms with van der Waals surface area (Å²) in [7, 11) is 1.58. The summed E-state index contributed by atoms with van der Waals surface area (Å²) >= 11 is 2.92. The molecule has 2 atom stereocenters. The molecule has 2 N–H and O–H groups in total. The average Bonchev–Trinajstić information content (AvgIpc) is 3.25. The maximum atomic E-state index is 12.9. The maximum absolute atomic E-state index is 12.9. The number of rotatable bonds is 5. The Kier molecular flexibility index (Phi) is 6.19. The van der Waals surface area contributed by atoms with Gasteiger partial charge >= 0.3 is 0 Å². The fraction of sp³-hybridized carbons (Fsp3) is 0.286. The number of carbonyl (C=O) groups is 3. The molecule has 9 heteroatoms. The van der Waals surface area contributed by atoms with E-state index in [1.54, 1.807) is 36.3 Å². The summed E-state index contributed by atoms with van der Waals surface area (Å²) < 4.78 is 5.12. The Morgan fingerprint density at radius 2 is 1.97 bits per heavy atom. The fourth-order valence-corrected chi connectivity index (χ4v) is 5.59. The van der Waals surface area contributed by atoms with Gasteiger partial charge in [-0.1, -0.05) is 12.1 Å². The van der Waals surface area contributed by atoms with Gasteiger partial charge in [-0.2, -0.15) is 0 Å². The molecule has 30 heavy (non-hydrogen) atoms. The van der Waals surface area contributed by atoms with Gasteiger partial charge in [0.05, 0.1) is 23.9 Å². The monoisotopic (exact) mass is 443 g/mol. The van der Waals surface area contributed by atoms with Crippen LogP contribution in [0.5, 0.6) is 5.75 Å². The van der Waals surface area contributed by atoms with Gasteiger partial charge in [0, 0.05) is 22.8 Å². The Labute approximate surface area is 182 Å². The summed E-state index contributed by atoms with van der Waals surface area (Å²) in [5.74, 6) is 1.06. The molecule has 2 aliphatic rings. The summed E-state index contributed by atoms with van der Waals surface area (Å²) in [6.07, 6.45) is 0.0533. The van der Waals surface area contributed by atoms with E-state index in [-0.39, 0.29) is 24.1 Å². The topological polar surface area (TPSA) is 87.7 Å². The molecule has 0 aromatic heterocycles. The van der Waals surface area contributed by atoms with Crippen LogP contribution in [0.1, 0.15) is 6.42 Å².